The van der Waals surface area contributed by atoms with Crippen LogP contribution in [0.5, 0.6) is 0 Å². The lowest BCUT2D eigenvalue weighted by atomic mass is 10.1. The van der Waals surface area contributed by atoms with E-state index in [0.29, 0.717) is 5.01 Å². The largest absolute Gasteiger partial charge is 0.343 e. The number of anilines is 1. The molecule has 0 aliphatic carbocycles. The molecular formula is C9H8N6O3. The van der Waals surface area contributed by atoms with Crippen LogP contribution in [0.3, 0.4) is 0 Å². The van der Waals surface area contributed by atoms with Gasteiger partial charge in [0.05, 0.1) is 16.2 Å². The van der Waals surface area contributed by atoms with Crippen molar-refractivity contribution in [1.29, 1.82) is 10.8 Å². The number of carbonyl (C=O) groups excluding carboxylic acids is 1. The Labute approximate surface area is 101 Å². The van der Waals surface area contributed by atoms with Crippen molar-refractivity contribution in [2.75, 3.05) is 12.1 Å². The second kappa shape index (κ2) is 5.35. The number of hydrogen-bond donors (Lipinski definition) is 2. The lowest BCUT2D eigenvalue weighted by Crippen LogP contribution is -2.34. The van der Waals surface area contributed by atoms with Gasteiger partial charge in [0.15, 0.2) is 0 Å². The van der Waals surface area contributed by atoms with Gasteiger partial charge in [0, 0.05) is 19.2 Å². The Bertz CT molecular complexity index is 550. The molecule has 2 N–H and O–H groups in total. The third kappa shape index (κ3) is 2.38. The Morgan fingerprint density at radius 1 is 1.67 bits per heavy atom. The minimum Gasteiger partial charge on any atom is -0.339 e. The van der Waals surface area contributed by atoms with Crippen molar-refractivity contribution in [1.82, 2.24) is 5.32 Å². The van der Waals surface area contributed by atoms with Crippen LogP contribution in [0, 0.1) is 27.0 Å². The average Bonchev–Trinajstić information content (AvgIpc) is 2.39. The number of benzene rings is 1. The van der Waals surface area contributed by atoms with E-state index in [1.807, 2.05) is 0 Å². The van der Waals surface area contributed by atoms with Crippen molar-refractivity contribution in [3.05, 3.63) is 33.9 Å². The van der Waals surface area contributed by atoms with Crippen LogP contribution < -0.4 is 10.3 Å². The summed E-state index contributed by atoms with van der Waals surface area (Å²) < 4.78 is 0. The molecule has 0 aromatic heterocycles. The molecule has 0 spiro atoms. The summed E-state index contributed by atoms with van der Waals surface area (Å²) in [6.45, 7) is 0. The number of carbonyl (C=O) groups is 1. The van der Waals surface area contributed by atoms with E-state index in [1.165, 1.54) is 13.1 Å². The van der Waals surface area contributed by atoms with E-state index in [-0.39, 0.29) is 16.9 Å². The van der Waals surface area contributed by atoms with Gasteiger partial charge in [-0.1, -0.05) is 5.22 Å². The highest BCUT2D eigenvalue weighted by atomic mass is 16.6. The molecule has 2 amide bonds. The number of nitro groups is 1. The molecule has 0 aliphatic rings. The molecular weight excluding hydrogens is 240 g/mol. The molecule has 0 fully saturated rings. The summed E-state index contributed by atoms with van der Waals surface area (Å²) >= 11 is 0. The molecule has 1 rings (SSSR count). The summed E-state index contributed by atoms with van der Waals surface area (Å²) in [7, 11) is 1.31. The number of nitrogens with zero attached hydrogens (tertiary/aromatic N) is 4. The monoisotopic (exact) mass is 248 g/mol. The van der Waals surface area contributed by atoms with Gasteiger partial charge in [0.2, 0.25) is 0 Å². The molecule has 0 saturated heterocycles. The van der Waals surface area contributed by atoms with Gasteiger partial charge in [-0.05, 0) is 6.07 Å². The van der Waals surface area contributed by atoms with Crippen LogP contribution in [0.4, 0.5) is 16.2 Å². The van der Waals surface area contributed by atoms with Crippen molar-refractivity contribution in [2.24, 2.45) is 5.22 Å². The first-order chi connectivity index (χ1) is 8.54. The van der Waals surface area contributed by atoms with Crippen LogP contribution in [0.15, 0.2) is 23.4 Å². The van der Waals surface area contributed by atoms with E-state index >= 15 is 0 Å². The minimum absolute atomic E-state index is 0.000185. The van der Waals surface area contributed by atoms with Crippen LogP contribution in [0.25, 0.3) is 0 Å². The maximum Gasteiger partial charge on any atom is 0.343 e. The molecule has 0 unspecified atom stereocenters. The molecule has 1 aromatic carbocycles. The molecule has 1 aromatic rings. The van der Waals surface area contributed by atoms with Crippen molar-refractivity contribution < 1.29 is 9.72 Å². The minimum atomic E-state index is -0.776. The van der Waals surface area contributed by atoms with Crippen LogP contribution in [0.2, 0.25) is 0 Å². The van der Waals surface area contributed by atoms with Crippen LogP contribution in [0.1, 0.15) is 5.56 Å². The molecule has 9 nitrogen and oxygen atoms in total. The van der Waals surface area contributed by atoms with Crippen LogP contribution in [-0.2, 0) is 0 Å². The van der Waals surface area contributed by atoms with Gasteiger partial charge >= 0.3 is 6.03 Å². The standard InChI is InChI=1S/C9H8N6O3/c1-12-9(16)14(13-11)8-4-7(15(17)18)3-2-6(8)5-10/h2-4,11H,1H3,(H,12,16). The number of nitro benzene ring substituents is 1. The first-order valence-corrected chi connectivity index (χ1v) is 4.63. The van der Waals surface area contributed by atoms with Crippen LogP contribution in [-0.4, -0.2) is 18.0 Å². The number of amides is 2. The van der Waals surface area contributed by atoms with E-state index in [2.05, 4.69) is 10.5 Å². The Kier molecular flexibility index (Phi) is 3.88. The van der Waals surface area contributed by atoms with Crippen LogP contribution >= 0.6 is 0 Å². The van der Waals surface area contributed by atoms with Crippen molar-refractivity contribution in [3.8, 4) is 6.07 Å². The van der Waals surface area contributed by atoms with Crippen molar-refractivity contribution in [2.45, 2.75) is 0 Å². The number of urea groups is 1. The Morgan fingerprint density at radius 3 is 2.78 bits per heavy atom. The topological polar surface area (TPSA) is 135 Å². The van der Waals surface area contributed by atoms with Gasteiger partial charge in [-0.25, -0.2) is 4.79 Å². The summed E-state index contributed by atoms with van der Waals surface area (Å²) in [5.74, 6) is 0. The fourth-order valence-electron chi connectivity index (χ4n) is 1.22. The Morgan fingerprint density at radius 2 is 2.33 bits per heavy atom. The van der Waals surface area contributed by atoms with Crippen molar-refractivity contribution in [3.63, 3.8) is 0 Å². The third-order valence-electron chi connectivity index (χ3n) is 2.05. The highest BCUT2D eigenvalue weighted by molar-refractivity contribution is 5.92. The highest BCUT2D eigenvalue weighted by Gasteiger charge is 2.20. The number of non-ortho nitro benzene ring substituents is 1. The lowest BCUT2D eigenvalue weighted by molar-refractivity contribution is -0.384. The molecule has 0 atom stereocenters. The zero-order valence-electron chi connectivity index (χ0n) is 9.25. The zero-order chi connectivity index (χ0) is 13.7. The quantitative estimate of drug-likeness (QED) is 0.476. The Balaban J connectivity index is 3.39. The molecule has 0 saturated carbocycles. The fraction of sp³-hybridized carbons (Fsp3) is 0.111. The SMILES string of the molecule is CNC(=O)N(N=N)c1cc([N+](=O)[O-])ccc1C#N. The number of nitriles is 1. The summed E-state index contributed by atoms with van der Waals surface area (Å²) in [4.78, 5) is 21.4. The van der Waals surface area contributed by atoms with Gasteiger partial charge in [0.1, 0.15) is 6.07 Å². The first kappa shape index (κ1) is 13.0. The van der Waals surface area contributed by atoms with Gasteiger partial charge < -0.3 is 5.32 Å². The zero-order valence-corrected chi connectivity index (χ0v) is 9.25. The van der Waals surface area contributed by atoms with Gasteiger partial charge in [-0.15, -0.1) is 0 Å². The van der Waals surface area contributed by atoms with Crippen molar-refractivity contribution >= 4 is 17.4 Å². The van der Waals surface area contributed by atoms with Gasteiger partial charge in [0.25, 0.3) is 5.69 Å². The number of nitrogens with one attached hydrogen (secondary N) is 2. The summed E-state index contributed by atoms with van der Waals surface area (Å²) in [6.07, 6.45) is 0. The highest BCUT2D eigenvalue weighted by Crippen LogP contribution is 2.26. The normalized spacial score (nSPS) is 9.11. The second-order valence-electron chi connectivity index (χ2n) is 3.04. The molecule has 0 aliphatic heterocycles. The molecule has 18 heavy (non-hydrogen) atoms. The lowest BCUT2D eigenvalue weighted by Gasteiger charge is -2.15. The smallest absolute Gasteiger partial charge is 0.339 e. The molecule has 92 valence electrons. The van der Waals surface area contributed by atoms with E-state index in [0.717, 1.165) is 12.1 Å². The van der Waals surface area contributed by atoms with E-state index < -0.39 is 11.0 Å². The average molecular weight is 248 g/mol. The third-order valence-corrected chi connectivity index (χ3v) is 2.05. The predicted octanol–water partition coefficient (Wildman–Crippen LogP) is 1.56. The number of rotatable bonds is 3. The molecule has 9 heteroatoms. The predicted molar refractivity (Wildman–Crippen MR) is 59.9 cm³/mol. The fourth-order valence-corrected chi connectivity index (χ4v) is 1.22. The van der Waals surface area contributed by atoms with Gasteiger partial charge in [-0.3, -0.25) is 10.1 Å². The maximum absolute atomic E-state index is 11.4. The van der Waals surface area contributed by atoms with E-state index in [1.54, 1.807) is 6.07 Å². The van der Waals surface area contributed by atoms with E-state index in [4.69, 9.17) is 10.8 Å². The van der Waals surface area contributed by atoms with Gasteiger partial charge in [-0.2, -0.15) is 15.8 Å². The summed E-state index contributed by atoms with van der Waals surface area (Å²) in [6, 6.07) is 4.32. The summed E-state index contributed by atoms with van der Waals surface area (Å²) in [5, 5.41) is 25.2. The second-order valence-corrected chi connectivity index (χ2v) is 3.04. The molecule has 0 bridgehead atoms. The summed E-state index contributed by atoms with van der Waals surface area (Å²) in [5.41, 5.74) is 6.46. The first-order valence-electron chi connectivity index (χ1n) is 4.63. The maximum atomic E-state index is 11.4. The molecule has 0 radical (unpaired) electrons. The van der Waals surface area contributed by atoms with E-state index in [9.17, 15) is 14.9 Å². The Hall–Kier alpha value is -3.02. The molecule has 0 heterocycles. The number of hydrogen-bond acceptors (Lipinski definition) is 6.